The molecule has 0 bridgehead atoms. The molecule has 0 spiro atoms. The molecule has 2 aromatic rings. The lowest BCUT2D eigenvalue weighted by molar-refractivity contribution is -0.144. The maximum atomic E-state index is 13.6. The van der Waals surface area contributed by atoms with Crippen LogP contribution in [0.5, 0.6) is 5.75 Å². The topological polar surface area (TPSA) is 79.9 Å². The lowest BCUT2D eigenvalue weighted by Crippen LogP contribution is -2.15. The van der Waals surface area contributed by atoms with Gasteiger partial charge in [0.05, 0.1) is 12.7 Å². The third-order valence-electron chi connectivity index (χ3n) is 2.40. The second-order valence-electron chi connectivity index (χ2n) is 3.81. The molecule has 1 heterocycles. The van der Waals surface area contributed by atoms with Crippen molar-refractivity contribution in [3.63, 3.8) is 0 Å². The average molecular weight is 304 g/mol. The minimum atomic E-state index is -4.72. The number of amides is 1. The molecule has 1 aromatic carbocycles. The molecule has 2 rings (SSSR count). The third-order valence-corrected chi connectivity index (χ3v) is 2.40. The number of halogens is 4. The van der Waals surface area contributed by atoms with Crippen molar-refractivity contribution in [3.8, 4) is 5.75 Å². The van der Waals surface area contributed by atoms with Crippen LogP contribution in [0.15, 0.2) is 18.2 Å². The Labute approximate surface area is 115 Å². The Morgan fingerprint density at radius 1 is 1.38 bits per heavy atom. The van der Waals surface area contributed by atoms with Crippen LogP contribution in [0.2, 0.25) is 0 Å². The number of aromatic nitrogens is 3. The van der Waals surface area contributed by atoms with Gasteiger partial charge in [0.25, 0.3) is 5.91 Å². The van der Waals surface area contributed by atoms with Gasteiger partial charge in [0.1, 0.15) is 11.6 Å². The summed E-state index contributed by atoms with van der Waals surface area (Å²) in [5.74, 6) is -3.65. The van der Waals surface area contributed by atoms with Crippen molar-refractivity contribution in [3.05, 3.63) is 35.4 Å². The van der Waals surface area contributed by atoms with Gasteiger partial charge in [-0.2, -0.15) is 18.2 Å². The van der Waals surface area contributed by atoms with Crippen molar-refractivity contribution < 1.29 is 27.1 Å². The fourth-order valence-electron chi connectivity index (χ4n) is 1.42. The summed E-state index contributed by atoms with van der Waals surface area (Å²) in [6, 6.07) is 3.42. The monoisotopic (exact) mass is 304 g/mol. The van der Waals surface area contributed by atoms with Gasteiger partial charge >= 0.3 is 6.18 Å². The highest BCUT2D eigenvalue weighted by Gasteiger charge is 2.35. The molecule has 0 atom stereocenters. The van der Waals surface area contributed by atoms with E-state index in [-0.39, 0.29) is 11.3 Å². The predicted molar refractivity (Wildman–Crippen MR) is 62.3 cm³/mol. The molecule has 2 N–H and O–H groups in total. The minimum absolute atomic E-state index is 0.196. The highest BCUT2D eigenvalue weighted by atomic mass is 19.4. The van der Waals surface area contributed by atoms with Gasteiger partial charge in [0.2, 0.25) is 11.8 Å². The summed E-state index contributed by atoms with van der Waals surface area (Å²) in [6.07, 6.45) is -4.72. The van der Waals surface area contributed by atoms with E-state index in [1.54, 1.807) is 5.10 Å². The Morgan fingerprint density at radius 3 is 2.62 bits per heavy atom. The van der Waals surface area contributed by atoms with E-state index in [9.17, 15) is 22.4 Å². The van der Waals surface area contributed by atoms with Crippen molar-refractivity contribution >= 4 is 11.9 Å². The summed E-state index contributed by atoms with van der Waals surface area (Å²) >= 11 is 0. The van der Waals surface area contributed by atoms with Gasteiger partial charge in [-0.15, -0.1) is 5.10 Å². The average Bonchev–Trinajstić information content (AvgIpc) is 2.86. The van der Waals surface area contributed by atoms with E-state index >= 15 is 0 Å². The molecule has 0 unspecified atom stereocenters. The second-order valence-corrected chi connectivity index (χ2v) is 3.81. The zero-order valence-corrected chi connectivity index (χ0v) is 10.5. The highest BCUT2D eigenvalue weighted by Crippen LogP contribution is 2.26. The van der Waals surface area contributed by atoms with Crippen LogP contribution < -0.4 is 10.1 Å². The molecule has 0 aliphatic rings. The molecular formula is C11H8F4N4O2. The molecule has 21 heavy (non-hydrogen) atoms. The number of nitrogens with one attached hydrogen (secondary N) is 2. The van der Waals surface area contributed by atoms with Gasteiger partial charge in [-0.05, 0) is 12.1 Å². The van der Waals surface area contributed by atoms with Crippen molar-refractivity contribution in [2.75, 3.05) is 12.4 Å². The molecular weight excluding hydrogens is 296 g/mol. The summed E-state index contributed by atoms with van der Waals surface area (Å²) in [6.45, 7) is 0. The largest absolute Gasteiger partial charge is 0.497 e. The van der Waals surface area contributed by atoms with Gasteiger partial charge < -0.3 is 4.74 Å². The summed E-state index contributed by atoms with van der Waals surface area (Å²) < 4.78 is 55.2. The van der Waals surface area contributed by atoms with Crippen molar-refractivity contribution in [1.82, 2.24) is 15.2 Å². The smallest absolute Gasteiger partial charge is 0.451 e. The van der Waals surface area contributed by atoms with E-state index in [1.807, 2.05) is 5.32 Å². The van der Waals surface area contributed by atoms with E-state index in [2.05, 4.69) is 10.1 Å². The fraction of sp³-hybridized carbons (Fsp3) is 0.182. The number of hydrogen-bond donors (Lipinski definition) is 2. The maximum Gasteiger partial charge on any atom is 0.451 e. The van der Waals surface area contributed by atoms with Crippen molar-refractivity contribution in [2.45, 2.75) is 6.18 Å². The number of methoxy groups -OCH3 is 1. The van der Waals surface area contributed by atoms with Crippen LogP contribution in [0.4, 0.5) is 23.5 Å². The Morgan fingerprint density at radius 2 is 2.10 bits per heavy atom. The molecule has 10 heteroatoms. The van der Waals surface area contributed by atoms with Gasteiger partial charge in [-0.1, -0.05) is 0 Å². The van der Waals surface area contributed by atoms with E-state index in [4.69, 9.17) is 4.74 Å². The summed E-state index contributed by atoms with van der Waals surface area (Å²) in [7, 11) is 1.32. The van der Waals surface area contributed by atoms with Crippen molar-refractivity contribution in [2.24, 2.45) is 0 Å². The molecule has 0 radical (unpaired) electrons. The van der Waals surface area contributed by atoms with E-state index < -0.39 is 29.7 Å². The number of nitrogens with zero attached hydrogens (tertiary/aromatic N) is 2. The number of H-pyrrole nitrogens is 1. The first-order valence-corrected chi connectivity index (χ1v) is 5.45. The Hall–Kier alpha value is -2.65. The van der Waals surface area contributed by atoms with Gasteiger partial charge in [-0.25, -0.2) is 4.39 Å². The van der Waals surface area contributed by atoms with Gasteiger partial charge in [0, 0.05) is 6.07 Å². The number of ether oxygens (including phenoxy) is 1. The minimum Gasteiger partial charge on any atom is -0.497 e. The number of carbonyl (C=O) groups excluding carboxylic acids is 1. The number of carbonyl (C=O) groups is 1. The van der Waals surface area contributed by atoms with Crippen LogP contribution in [0.1, 0.15) is 16.2 Å². The van der Waals surface area contributed by atoms with Crippen LogP contribution in [-0.2, 0) is 6.18 Å². The Bertz CT molecular complexity index is 668. The number of hydrogen-bond acceptors (Lipinski definition) is 4. The van der Waals surface area contributed by atoms with Crippen LogP contribution in [0.3, 0.4) is 0 Å². The first kappa shape index (κ1) is 14.8. The molecule has 0 aliphatic heterocycles. The van der Waals surface area contributed by atoms with E-state index in [1.165, 1.54) is 13.2 Å². The normalized spacial score (nSPS) is 11.3. The van der Waals surface area contributed by atoms with Crippen LogP contribution in [0.25, 0.3) is 0 Å². The van der Waals surface area contributed by atoms with Crippen molar-refractivity contribution in [1.29, 1.82) is 0 Å². The quantitative estimate of drug-likeness (QED) is 0.852. The summed E-state index contributed by atoms with van der Waals surface area (Å²) in [5.41, 5.74) is -0.380. The highest BCUT2D eigenvalue weighted by molar-refractivity contribution is 6.03. The molecule has 0 fully saturated rings. The van der Waals surface area contributed by atoms with Crippen LogP contribution >= 0.6 is 0 Å². The summed E-state index contributed by atoms with van der Waals surface area (Å²) in [4.78, 5) is 14.8. The number of benzene rings is 1. The van der Waals surface area contributed by atoms with Gasteiger partial charge in [0.15, 0.2) is 0 Å². The predicted octanol–water partition coefficient (Wildman–Crippen LogP) is 2.22. The van der Waals surface area contributed by atoms with Gasteiger partial charge in [-0.3, -0.25) is 15.2 Å². The summed E-state index contributed by atoms with van der Waals surface area (Å²) in [5, 5.41) is 6.75. The Kier molecular flexibility index (Phi) is 3.78. The second kappa shape index (κ2) is 5.38. The molecule has 0 saturated heterocycles. The lowest BCUT2D eigenvalue weighted by atomic mass is 10.2. The molecule has 112 valence electrons. The molecule has 0 saturated carbocycles. The molecule has 6 nitrogen and oxygen atoms in total. The standard InChI is InChI=1S/C11H8F4N4O2/c1-21-5-2-3-6(7(12)4-5)8(20)16-10-17-9(18-19-10)11(13,14)15/h2-4H,1H3,(H2,16,17,18,19,20). The fourth-order valence-corrected chi connectivity index (χ4v) is 1.42. The van der Waals surface area contributed by atoms with E-state index in [0.29, 0.717) is 0 Å². The Balaban J connectivity index is 2.16. The number of aromatic amines is 1. The van der Waals surface area contributed by atoms with Crippen LogP contribution in [-0.4, -0.2) is 28.2 Å². The first-order valence-electron chi connectivity index (χ1n) is 5.45. The number of alkyl halides is 3. The lowest BCUT2D eigenvalue weighted by Gasteiger charge is -2.04. The maximum absolute atomic E-state index is 13.6. The molecule has 0 aliphatic carbocycles. The third kappa shape index (κ3) is 3.27. The molecule has 1 amide bonds. The molecule has 1 aromatic heterocycles. The van der Waals surface area contributed by atoms with E-state index in [0.717, 1.165) is 12.1 Å². The van der Waals surface area contributed by atoms with Crippen LogP contribution in [0, 0.1) is 5.82 Å². The first-order chi connectivity index (χ1) is 9.81. The zero-order chi connectivity index (χ0) is 15.6. The zero-order valence-electron chi connectivity index (χ0n) is 10.5. The number of rotatable bonds is 3. The SMILES string of the molecule is COc1ccc(C(=O)Nc2n[nH]c(C(F)(F)F)n2)c(F)c1. The number of anilines is 1.